The summed E-state index contributed by atoms with van der Waals surface area (Å²) in [6, 6.07) is 21.3. The molecule has 0 unspecified atom stereocenters. The van der Waals surface area contributed by atoms with E-state index in [2.05, 4.69) is 72.8 Å². The highest BCUT2D eigenvalue weighted by molar-refractivity contribution is 6.12. The molecular weight excluding hydrogens is 368 g/mol. The molecule has 0 bridgehead atoms. The number of fused-ring (bicyclic) bond motifs is 2. The van der Waals surface area contributed by atoms with Gasteiger partial charge in [-0.15, -0.1) is 0 Å². The lowest BCUT2D eigenvalue weighted by Gasteiger charge is -2.21. The van der Waals surface area contributed by atoms with Crippen molar-refractivity contribution in [3.05, 3.63) is 83.9 Å². The Morgan fingerprint density at radius 2 is 1.00 bits per heavy atom. The smallest absolute Gasteiger partial charge is 0.134 e. The summed E-state index contributed by atoms with van der Waals surface area (Å²) in [5.41, 5.74) is 4.22. The second-order valence-electron chi connectivity index (χ2n) is 7.19. The van der Waals surface area contributed by atoms with E-state index in [1.807, 2.05) is 26.0 Å². The maximum atomic E-state index is 6.01. The quantitative estimate of drug-likeness (QED) is 0.344. The van der Waals surface area contributed by atoms with Gasteiger partial charge in [-0.25, -0.2) is 0 Å². The number of allylic oxidation sites excluding steroid dienone is 2. The first kappa shape index (κ1) is 19.8. The lowest BCUT2D eigenvalue weighted by Crippen LogP contribution is -1.98. The van der Waals surface area contributed by atoms with E-state index in [9.17, 15) is 0 Å². The summed E-state index contributed by atoms with van der Waals surface area (Å²) in [5, 5.41) is 4.63. The number of hydrogen-bond donors (Lipinski definition) is 0. The van der Waals surface area contributed by atoms with E-state index >= 15 is 0 Å². The van der Waals surface area contributed by atoms with Crippen LogP contribution in [-0.4, -0.2) is 14.2 Å². The molecule has 0 saturated heterocycles. The van der Waals surface area contributed by atoms with Crippen LogP contribution in [0.1, 0.15) is 25.0 Å². The van der Waals surface area contributed by atoms with Crippen LogP contribution < -0.4 is 9.47 Å². The largest absolute Gasteiger partial charge is 0.495 e. The van der Waals surface area contributed by atoms with Crippen LogP contribution >= 0.6 is 0 Å². The molecule has 2 nitrogen and oxygen atoms in total. The van der Waals surface area contributed by atoms with Gasteiger partial charge in [-0.3, -0.25) is 0 Å². The van der Waals surface area contributed by atoms with Crippen molar-refractivity contribution >= 4 is 33.7 Å². The average Bonchev–Trinajstić information content (AvgIpc) is 2.78. The van der Waals surface area contributed by atoms with E-state index in [1.165, 1.54) is 10.8 Å². The predicted octanol–water partition coefficient (Wildman–Crippen LogP) is 7.74. The van der Waals surface area contributed by atoms with Crippen molar-refractivity contribution in [3.8, 4) is 22.6 Å². The van der Waals surface area contributed by atoms with E-state index in [1.54, 1.807) is 14.2 Å². The summed E-state index contributed by atoms with van der Waals surface area (Å²) in [5.74, 6) is 1.71. The fraction of sp³-hybridized carbons (Fsp3) is 0.143. The Bertz CT molecular complexity index is 1180. The van der Waals surface area contributed by atoms with Crippen molar-refractivity contribution in [2.45, 2.75) is 13.8 Å². The van der Waals surface area contributed by atoms with Gasteiger partial charge in [0.2, 0.25) is 0 Å². The van der Waals surface area contributed by atoms with Crippen molar-refractivity contribution in [1.82, 2.24) is 0 Å². The Hall–Kier alpha value is -3.52. The third kappa shape index (κ3) is 3.25. The molecule has 4 aromatic rings. The SMILES string of the molecule is C/C=C/c1cc2ccccc2c(-c2c(OC)c(/C=C/C)cc3ccccc23)c1OC. The van der Waals surface area contributed by atoms with E-state index in [0.29, 0.717) is 0 Å². The molecule has 2 heteroatoms. The van der Waals surface area contributed by atoms with E-state index < -0.39 is 0 Å². The Kier molecular flexibility index (Phi) is 5.58. The van der Waals surface area contributed by atoms with Crippen LogP contribution in [-0.2, 0) is 0 Å². The minimum Gasteiger partial charge on any atom is -0.495 e. The molecule has 0 N–H and O–H groups in total. The number of ether oxygens (including phenoxy) is 2. The number of benzene rings is 4. The van der Waals surface area contributed by atoms with Gasteiger partial charge in [0.15, 0.2) is 0 Å². The van der Waals surface area contributed by atoms with Gasteiger partial charge in [-0.1, -0.05) is 72.8 Å². The zero-order valence-electron chi connectivity index (χ0n) is 17.9. The number of rotatable bonds is 5. The molecule has 0 aromatic heterocycles. The Balaban J connectivity index is 2.28. The molecule has 0 aliphatic carbocycles. The second kappa shape index (κ2) is 8.46. The summed E-state index contributed by atoms with van der Waals surface area (Å²) in [6.45, 7) is 4.05. The Labute approximate surface area is 178 Å². The standard InChI is InChI=1S/C28H26O2/c1-5-11-21-17-19-13-7-9-15-23(19)25(27(21)29-3)26-24-16-10-8-14-20(24)18-22(12-6-2)28(26)30-4/h5-18H,1-4H3/b11-5+,12-6+. The summed E-state index contributed by atoms with van der Waals surface area (Å²) in [6.07, 6.45) is 8.28. The normalized spacial score (nSPS) is 11.7. The minimum atomic E-state index is 0.855. The van der Waals surface area contributed by atoms with Gasteiger partial charge < -0.3 is 9.47 Å². The van der Waals surface area contributed by atoms with Crippen LogP contribution in [0, 0.1) is 0 Å². The zero-order chi connectivity index (χ0) is 21.1. The summed E-state index contributed by atoms with van der Waals surface area (Å²) < 4.78 is 12.0. The summed E-state index contributed by atoms with van der Waals surface area (Å²) in [4.78, 5) is 0. The van der Waals surface area contributed by atoms with Gasteiger partial charge in [0.1, 0.15) is 11.5 Å². The van der Waals surface area contributed by atoms with E-state index in [0.717, 1.165) is 44.5 Å². The third-order valence-corrected chi connectivity index (χ3v) is 5.41. The molecule has 0 fully saturated rings. The van der Waals surface area contributed by atoms with Crippen molar-refractivity contribution in [3.63, 3.8) is 0 Å². The number of hydrogen-bond acceptors (Lipinski definition) is 2. The summed E-state index contributed by atoms with van der Waals surface area (Å²) in [7, 11) is 3.48. The molecule has 0 heterocycles. The first-order valence-electron chi connectivity index (χ1n) is 10.2. The van der Waals surface area contributed by atoms with Crippen molar-refractivity contribution in [2.24, 2.45) is 0 Å². The van der Waals surface area contributed by atoms with Crippen LogP contribution in [0.15, 0.2) is 72.8 Å². The summed E-state index contributed by atoms with van der Waals surface area (Å²) >= 11 is 0. The first-order valence-corrected chi connectivity index (χ1v) is 10.2. The molecule has 4 rings (SSSR count). The second-order valence-corrected chi connectivity index (χ2v) is 7.19. The molecule has 30 heavy (non-hydrogen) atoms. The molecule has 0 aliphatic rings. The highest BCUT2D eigenvalue weighted by atomic mass is 16.5. The topological polar surface area (TPSA) is 18.5 Å². The molecule has 0 atom stereocenters. The maximum Gasteiger partial charge on any atom is 0.134 e. The van der Waals surface area contributed by atoms with Crippen LogP contribution in [0.2, 0.25) is 0 Å². The molecule has 0 saturated carbocycles. The fourth-order valence-corrected chi connectivity index (χ4v) is 4.24. The van der Waals surface area contributed by atoms with Crippen LogP contribution in [0.4, 0.5) is 0 Å². The van der Waals surface area contributed by atoms with Gasteiger partial charge in [0, 0.05) is 22.3 Å². The minimum absolute atomic E-state index is 0.855. The van der Waals surface area contributed by atoms with Crippen LogP contribution in [0.3, 0.4) is 0 Å². The lowest BCUT2D eigenvalue weighted by atomic mass is 9.88. The van der Waals surface area contributed by atoms with Crippen molar-refractivity contribution in [1.29, 1.82) is 0 Å². The monoisotopic (exact) mass is 394 g/mol. The van der Waals surface area contributed by atoms with Crippen molar-refractivity contribution < 1.29 is 9.47 Å². The predicted molar refractivity (Wildman–Crippen MR) is 129 cm³/mol. The van der Waals surface area contributed by atoms with Gasteiger partial charge in [0.25, 0.3) is 0 Å². The van der Waals surface area contributed by atoms with Gasteiger partial charge in [0.05, 0.1) is 14.2 Å². The maximum absolute atomic E-state index is 6.01. The van der Waals surface area contributed by atoms with Gasteiger partial charge in [-0.05, 0) is 47.5 Å². The third-order valence-electron chi connectivity index (χ3n) is 5.41. The van der Waals surface area contributed by atoms with Crippen LogP contribution in [0.5, 0.6) is 11.5 Å². The molecule has 4 aromatic carbocycles. The first-order chi connectivity index (χ1) is 14.7. The van der Waals surface area contributed by atoms with Crippen molar-refractivity contribution in [2.75, 3.05) is 14.2 Å². The molecular formula is C28H26O2. The Morgan fingerprint density at radius 1 is 0.600 bits per heavy atom. The molecule has 0 spiro atoms. The van der Waals surface area contributed by atoms with E-state index in [4.69, 9.17) is 9.47 Å². The number of methoxy groups -OCH3 is 2. The highest BCUT2D eigenvalue weighted by Crippen LogP contribution is 2.48. The molecule has 0 amide bonds. The molecule has 0 radical (unpaired) electrons. The lowest BCUT2D eigenvalue weighted by molar-refractivity contribution is 0.410. The highest BCUT2D eigenvalue weighted by Gasteiger charge is 2.22. The average molecular weight is 395 g/mol. The van der Waals surface area contributed by atoms with Gasteiger partial charge >= 0.3 is 0 Å². The Morgan fingerprint density at radius 3 is 1.37 bits per heavy atom. The van der Waals surface area contributed by atoms with E-state index in [-0.39, 0.29) is 0 Å². The van der Waals surface area contributed by atoms with Gasteiger partial charge in [-0.2, -0.15) is 0 Å². The fourth-order valence-electron chi connectivity index (χ4n) is 4.24. The zero-order valence-corrected chi connectivity index (χ0v) is 17.9. The molecule has 150 valence electrons. The molecule has 0 aliphatic heterocycles. The van der Waals surface area contributed by atoms with Crippen LogP contribution in [0.25, 0.3) is 44.8 Å².